The maximum Gasteiger partial charge on any atom is 0.126 e. The van der Waals surface area contributed by atoms with Gasteiger partial charge in [-0.25, -0.2) is 4.98 Å². The van der Waals surface area contributed by atoms with Crippen molar-refractivity contribution >= 4 is 0 Å². The van der Waals surface area contributed by atoms with E-state index in [0.29, 0.717) is 6.04 Å². The number of ether oxygens (including phenoxy) is 1. The van der Waals surface area contributed by atoms with Crippen LogP contribution in [0.5, 0.6) is 5.75 Å². The van der Waals surface area contributed by atoms with Gasteiger partial charge in [0.15, 0.2) is 0 Å². The zero-order valence-electron chi connectivity index (χ0n) is 12.8. The van der Waals surface area contributed by atoms with Crippen LogP contribution in [0.4, 0.5) is 0 Å². The Kier molecular flexibility index (Phi) is 4.25. The molecule has 0 saturated carbocycles. The van der Waals surface area contributed by atoms with Crippen molar-refractivity contribution in [2.24, 2.45) is 0 Å². The van der Waals surface area contributed by atoms with Crippen LogP contribution in [0.3, 0.4) is 0 Å². The second-order valence-electron chi connectivity index (χ2n) is 5.80. The Balaban J connectivity index is 1.60. The predicted molar refractivity (Wildman–Crippen MR) is 83.6 cm³/mol. The molecule has 1 aliphatic heterocycles. The Bertz CT molecular complexity index is 592. The van der Waals surface area contributed by atoms with Crippen LogP contribution in [0.15, 0.2) is 30.9 Å². The van der Waals surface area contributed by atoms with Crippen molar-refractivity contribution in [3.63, 3.8) is 0 Å². The molecular weight excluding hydrogens is 262 g/mol. The highest BCUT2D eigenvalue weighted by Crippen LogP contribution is 2.35. The minimum Gasteiger partial charge on any atom is -0.493 e. The van der Waals surface area contributed by atoms with Crippen molar-refractivity contribution in [3.8, 4) is 5.75 Å². The molecule has 1 atom stereocenters. The molecule has 1 aliphatic rings. The van der Waals surface area contributed by atoms with Crippen molar-refractivity contribution in [2.75, 3.05) is 13.2 Å². The maximum absolute atomic E-state index is 5.85. The summed E-state index contributed by atoms with van der Waals surface area (Å²) in [6, 6.07) is 4.87. The van der Waals surface area contributed by atoms with Crippen LogP contribution in [0, 0.1) is 13.8 Å². The van der Waals surface area contributed by atoms with Gasteiger partial charge in [-0.3, -0.25) is 0 Å². The van der Waals surface area contributed by atoms with Gasteiger partial charge in [0.05, 0.1) is 12.9 Å². The lowest BCUT2D eigenvalue weighted by Gasteiger charge is -2.28. The molecule has 2 heterocycles. The zero-order valence-corrected chi connectivity index (χ0v) is 12.8. The van der Waals surface area contributed by atoms with Gasteiger partial charge in [0.25, 0.3) is 0 Å². The summed E-state index contributed by atoms with van der Waals surface area (Å²) in [5.74, 6) is 1.08. The molecule has 1 N–H and O–H groups in total. The van der Waals surface area contributed by atoms with Crippen molar-refractivity contribution in [3.05, 3.63) is 47.5 Å². The summed E-state index contributed by atoms with van der Waals surface area (Å²) in [6.45, 7) is 7.10. The van der Waals surface area contributed by atoms with E-state index in [1.165, 1.54) is 16.7 Å². The van der Waals surface area contributed by atoms with Crippen molar-refractivity contribution < 1.29 is 4.74 Å². The van der Waals surface area contributed by atoms with Crippen LogP contribution in [-0.4, -0.2) is 22.7 Å². The maximum atomic E-state index is 5.85. The lowest BCUT2D eigenvalue weighted by atomic mass is 9.95. The van der Waals surface area contributed by atoms with Crippen molar-refractivity contribution in [1.29, 1.82) is 0 Å². The van der Waals surface area contributed by atoms with E-state index in [4.69, 9.17) is 4.74 Å². The number of rotatable bonds is 5. The van der Waals surface area contributed by atoms with E-state index < -0.39 is 0 Å². The average Bonchev–Trinajstić information content (AvgIpc) is 2.97. The highest BCUT2D eigenvalue weighted by atomic mass is 16.5. The van der Waals surface area contributed by atoms with Gasteiger partial charge in [-0.15, -0.1) is 0 Å². The SMILES string of the molecule is Cc1cc(C)c2c(c1)C(NCCCn1ccnc1)CCO2. The van der Waals surface area contributed by atoms with Crippen LogP contribution in [0.25, 0.3) is 0 Å². The van der Waals surface area contributed by atoms with Crippen LogP contribution < -0.4 is 10.1 Å². The molecule has 0 aliphatic carbocycles. The molecule has 0 fully saturated rings. The first-order valence-electron chi connectivity index (χ1n) is 7.67. The van der Waals surface area contributed by atoms with Gasteiger partial charge >= 0.3 is 0 Å². The van der Waals surface area contributed by atoms with Gasteiger partial charge in [-0.2, -0.15) is 0 Å². The molecule has 1 aromatic carbocycles. The second-order valence-corrected chi connectivity index (χ2v) is 5.80. The third kappa shape index (κ3) is 3.27. The summed E-state index contributed by atoms with van der Waals surface area (Å²) < 4.78 is 7.97. The van der Waals surface area contributed by atoms with E-state index in [1.807, 2.05) is 18.7 Å². The Morgan fingerprint density at radius 2 is 2.29 bits per heavy atom. The number of nitrogens with zero attached hydrogens (tertiary/aromatic N) is 2. The van der Waals surface area contributed by atoms with Crippen LogP contribution in [0.1, 0.15) is 35.6 Å². The Morgan fingerprint density at radius 3 is 3.10 bits per heavy atom. The van der Waals surface area contributed by atoms with E-state index in [2.05, 4.69) is 40.8 Å². The van der Waals surface area contributed by atoms with E-state index >= 15 is 0 Å². The Morgan fingerprint density at radius 1 is 1.38 bits per heavy atom. The fourth-order valence-electron chi connectivity index (χ4n) is 3.05. The van der Waals surface area contributed by atoms with Crippen LogP contribution >= 0.6 is 0 Å². The molecule has 1 aromatic heterocycles. The molecule has 4 heteroatoms. The van der Waals surface area contributed by atoms with E-state index in [1.54, 1.807) is 0 Å². The highest BCUT2D eigenvalue weighted by molar-refractivity contribution is 5.46. The van der Waals surface area contributed by atoms with E-state index in [9.17, 15) is 0 Å². The summed E-state index contributed by atoms with van der Waals surface area (Å²) in [5.41, 5.74) is 3.87. The molecule has 0 amide bonds. The van der Waals surface area contributed by atoms with Crippen LogP contribution in [-0.2, 0) is 6.54 Å². The average molecular weight is 285 g/mol. The number of hydrogen-bond acceptors (Lipinski definition) is 3. The third-order valence-electron chi connectivity index (χ3n) is 4.02. The molecule has 0 radical (unpaired) electrons. The normalized spacial score (nSPS) is 17.3. The molecule has 4 nitrogen and oxygen atoms in total. The molecule has 0 bridgehead atoms. The van der Waals surface area contributed by atoms with Gasteiger partial charge in [0.2, 0.25) is 0 Å². The number of nitrogens with one attached hydrogen (secondary N) is 1. The minimum atomic E-state index is 0.412. The number of aromatic nitrogens is 2. The zero-order chi connectivity index (χ0) is 14.7. The van der Waals surface area contributed by atoms with Crippen molar-refractivity contribution in [1.82, 2.24) is 14.9 Å². The summed E-state index contributed by atoms with van der Waals surface area (Å²) in [4.78, 5) is 4.07. The molecule has 0 spiro atoms. The monoisotopic (exact) mass is 285 g/mol. The lowest BCUT2D eigenvalue weighted by Crippen LogP contribution is -2.28. The number of aryl methyl sites for hydroxylation is 3. The van der Waals surface area contributed by atoms with Gasteiger partial charge in [-0.05, 0) is 32.4 Å². The van der Waals surface area contributed by atoms with E-state index in [-0.39, 0.29) is 0 Å². The molecule has 1 unspecified atom stereocenters. The topological polar surface area (TPSA) is 39.1 Å². The predicted octanol–water partition coefficient (Wildman–Crippen LogP) is 3.00. The molecular formula is C17H23N3O. The molecule has 3 rings (SSSR count). The van der Waals surface area contributed by atoms with Gasteiger partial charge in [-0.1, -0.05) is 17.7 Å². The number of fused-ring (bicyclic) bond motifs is 1. The minimum absolute atomic E-state index is 0.412. The summed E-state index contributed by atoms with van der Waals surface area (Å²) in [5, 5.41) is 3.68. The molecule has 21 heavy (non-hydrogen) atoms. The fourth-order valence-corrected chi connectivity index (χ4v) is 3.05. The summed E-state index contributed by atoms with van der Waals surface area (Å²) in [7, 11) is 0. The van der Waals surface area contributed by atoms with Gasteiger partial charge < -0.3 is 14.6 Å². The van der Waals surface area contributed by atoms with E-state index in [0.717, 1.165) is 38.3 Å². The number of imidazole rings is 1. The fraction of sp³-hybridized carbons (Fsp3) is 0.471. The highest BCUT2D eigenvalue weighted by Gasteiger charge is 2.22. The molecule has 0 saturated heterocycles. The Hall–Kier alpha value is -1.81. The third-order valence-corrected chi connectivity index (χ3v) is 4.02. The smallest absolute Gasteiger partial charge is 0.126 e. The van der Waals surface area contributed by atoms with Crippen molar-refractivity contribution in [2.45, 2.75) is 39.3 Å². The summed E-state index contributed by atoms with van der Waals surface area (Å²) >= 11 is 0. The standard InChI is InChI=1S/C17H23N3O/c1-13-10-14(2)17-15(11-13)16(4-9-21-17)19-5-3-7-20-8-6-18-12-20/h6,8,10-12,16,19H,3-5,7,9H2,1-2H3. The number of hydrogen-bond donors (Lipinski definition) is 1. The number of benzene rings is 1. The first kappa shape index (κ1) is 14.1. The molecule has 2 aromatic rings. The first-order valence-corrected chi connectivity index (χ1v) is 7.67. The van der Waals surface area contributed by atoms with Crippen LogP contribution in [0.2, 0.25) is 0 Å². The summed E-state index contributed by atoms with van der Waals surface area (Å²) in [6.07, 6.45) is 7.86. The first-order chi connectivity index (χ1) is 10.2. The quantitative estimate of drug-likeness (QED) is 0.858. The second kappa shape index (κ2) is 6.31. The Labute approximate surface area is 126 Å². The largest absolute Gasteiger partial charge is 0.493 e. The molecule has 112 valence electrons. The lowest BCUT2D eigenvalue weighted by molar-refractivity contribution is 0.250. The van der Waals surface area contributed by atoms with Gasteiger partial charge in [0, 0.05) is 37.0 Å². The van der Waals surface area contributed by atoms with Gasteiger partial charge in [0.1, 0.15) is 5.75 Å².